The van der Waals surface area contributed by atoms with Crippen molar-refractivity contribution in [1.82, 2.24) is 9.80 Å². The Kier molecular flexibility index (Phi) is 3.91. The van der Waals surface area contributed by atoms with E-state index in [1.165, 1.54) is 0 Å². The van der Waals surface area contributed by atoms with E-state index in [1.807, 2.05) is 0 Å². The van der Waals surface area contributed by atoms with E-state index < -0.39 is 0 Å². The molecule has 0 heterocycles. The predicted molar refractivity (Wildman–Crippen MR) is 46.0 cm³/mol. The van der Waals surface area contributed by atoms with E-state index in [0.29, 0.717) is 12.2 Å². The molecule has 0 bridgehead atoms. The molecule has 0 aliphatic heterocycles. The summed E-state index contributed by atoms with van der Waals surface area (Å²) in [6.07, 6.45) is 0.528. The van der Waals surface area contributed by atoms with Crippen LogP contribution in [0.4, 0.5) is 0 Å². The Morgan fingerprint density at radius 3 is 1.40 bits per heavy atom. The first-order chi connectivity index (χ1) is 4.46. The average Bonchev–Trinajstić information content (AvgIpc) is 1.84. The van der Waals surface area contributed by atoms with E-state index in [0.717, 1.165) is 0 Å². The Balaban J connectivity index is 3.81. The molecule has 0 spiro atoms. The molecule has 0 fully saturated rings. The molecule has 0 aromatic rings. The lowest BCUT2D eigenvalue weighted by Gasteiger charge is -2.32. The highest BCUT2D eigenvalue weighted by molar-refractivity contribution is 4.63. The van der Waals surface area contributed by atoms with E-state index in [1.54, 1.807) is 0 Å². The van der Waals surface area contributed by atoms with Crippen molar-refractivity contribution in [2.24, 2.45) is 0 Å². The minimum absolute atomic E-state index is 0.528. The van der Waals surface area contributed by atoms with Gasteiger partial charge in [-0.3, -0.25) is 9.80 Å². The molecule has 0 saturated heterocycles. The average molecular weight is 144 g/mol. The van der Waals surface area contributed by atoms with Crippen molar-refractivity contribution in [3.05, 3.63) is 0 Å². The number of rotatable bonds is 3. The fraction of sp³-hybridized carbons (Fsp3) is 1.00. The van der Waals surface area contributed by atoms with Gasteiger partial charge in [-0.05, 0) is 41.9 Å². The van der Waals surface area contributed by atoms with Gasteiger partial charge in [-0.25, -0.2) is 0 Å². The maximum absolute atomic E-state index is 2.33. The molecule has 1 atom stereocenters. The molecule has 2 heteroatoms. The molecule has 0 N–H and O–H groups in total. The minimum Gasteiger partial charge on any atom is -0.294 e. The summed E-state index contributed by atoms with van der Waals surface area (Å²) in [6, 6.07) is 0.623. The summed E-state index contributed by atoms with van der Waals surface area (Å²) in [5.41, 5.74) is 0. The van der Waals surface area contributed by atoms with Crippen LogP contribution in [0.25, 0.3) is 0 Å². The molecular weight excluding hydrogens is 124 g/mol. The Morgan fingerprint density at radius 2 is 1.30 bits per heavy atom. The maximum atomic E-state index is 2.33. The summed E-state index contributed by atoms with van der Waals surface area (Å²) in [5.74, 6) is 0. The van der Waals surface area contributed by atoms with Crippen molar-refractivity contribution in [3.8, 4) is 0 Å². The van der Waals surface area contributed by atoms with Crippen LogP contribution >= 0.6 is 0 Å². The molecule has 0 rings (SSSR count). The van der Waals surface area contributed by atoms with E-state index >= 15 is 0 Å². The van der Waals surface area contributed by atoms with Crippen LogP contribution in [0.3, 0.4) is 0 Å². The van der Waals surface area contributed by atoms with E-state index in [9.17, 15) is 0 Å². The zero-order valence-corrected chi connectivity index (χ0v) is 8.05. The van der Waals surface area contributed by atoms with Gasteiger partial charge in [0.05, 0.1) is 6.17 Å². The third-order valence-electron chi connectivity index (χ3n) is 2.15. The van der Waals surface area contributed by atoms with Crippen LogP contribution in [0.5, 0.6) is 0 Å². The fourth-order valence-corrected chi connectivity index (χ4v) is 0.796. The van der Waals surface area contributed by atoms with Crippen molar-refractivity contribution in [2.75, 3.05) is 21.1 Å². The summed E-state index contributed by atoms with van der Waals surface area (Å²) < 4.78 is 0. The molecule has 0 amide bonds. The molecule has 0 radical (unpaired) electrons. The molecule has 0 aromatic heterocycles. The van der Waals surface area contributed by atoms with Crippen molar-refractivity contribution >= 4 is 0 Å². The van der Waals surface area contributed by atoms with Gasteiger partial charge < -0.3 is 0 Å². The van der Waals surface area contributed by atoms with Gasteiger partial charge in [0.2, 0.25) is 0 Å². The van der Waals surface area contributed by atoms with E-state index in [2.05, 4.69) is 51.7 Å². The molecular formula is C8H20N2. The summed E-state index contributed by atoms with van der Waals surface area (Å²) in [6.45, 7) is 6.62. The van der Waals surface area contributed by atoms with Crippen LogP contribution in [-0.2, 0) is 0 Å². The third kappa shape index (κ3) is 2.67. The number of hydrogen-bond acceptors (Lipinski definition) is 2. The van der Waals surface area contributed by atoms with Crippen molar-refractivity contribution in [1.29, 1.82) is 0 Å². The Hall–Kier alpha value is -0.0800. The van der Waals surface area contributed by atoms with Crippen LogP contribution in [-0.4, -0.2) is 43.2 Å². The third-order valence-corrected chi connectivity index (χ3v) is 2.15. The van der Waals surface area contributed by atoms with Crippen molar-refractivity contribution < 1.29 is 0 Å². The largest absolute Gasteiger partial charge is 0.294 e. The summed E-state index contributed by atoms with van der Waals surface area (Å²) >= 11 is 0. The van der Waals surface area contributed by atoms with E-state index in [4.69, 9.17) is 0 Å². The molecule has 0 aliphatic rings. The summed E-state index contributed by atoms with van der Waals surface area (Å²) in [5, 5.41) is 0. The van der Waals surface area contributed by atoms with Crippen molar-refractivity contribution in [2.45, 2.75) is 33.0 Å². The smallest absolute Gasteiger partial charge is 0.0587 e. The quantitative estimate of drug-likeness (QED) is 0.550. The van der Waals surface area contributed by atoms with Crippen LogP contribution in [0, 0.1) is 0 Å². The lowest BCUT2D eigenvalue weighted by Crippen LogP contribution is -2.43. The van der Waals surface area contributed by atoms with Gasteiger partial charge in [-0.2, -0.15) is 0 Å². The molecule has 0 saturated carbocycles. The molecule has 10 heavy (non-hydrogen) atoms. The first-order valence-corrected chi connectivity index (χ1v) is 3.85. The number of nitrogens with zero attached hydrogens (tertiary/aromatic N) is 2. The van der Waals surface area contributed by atoms with Gasteiger partial charge in [0, 0.05) is 6.04 Å². The second-order valence-corrected chi connectivity index (χ2v) is 3.35. The van der Waals surface area contributed by atoms with Gasteiger partial charge >= 0.3 is 0 Å². The Bertz CT molecular complexity index is 77.3. The molecule has 1 unspecified atom stereocenters. The molecule has 2 nitrogen and oxygen atoms in total. The van der Waals surface area contributed by atoms with Crippen molar-refractivity contribution in [3.63, 3.8) is 0 Å². The normalized spacial score (nSPS) is 15.3. The zero-order valence-electron chi connectivity index (χ0n) is 8.05. The van der Waals surface area contributed by atoms with Gasteiger partial charge in [-0.15, -0.1) is 0 Å². The SMILES string of the molecule is CC(C)N(C)C(C)N(C)C. The highest BCUT2D eigenvalue weighted by Gasteiger charge is 2.12. The van der Waals surface area contributed by atoms with Crippen LogP contribution in [0.15, 0.2) is 0 Å². The second-order valence-electron chi connectivity index (χ2n) is 3.35. The first-order valence-electron chi connectivity index (χ1n) is 3.85. The van der Waals surface area contributed by atoms with E-state index in [-0.39, 0.29) is 0 Å². The highest BCUT2D eigenvalue weighted by atomic mass is 15.3. The van der Waals surface area contributed by atoms with Crippen LogP contribution in [0.2, 0.25) is 0 Å². The lowest BCUT2D eigenvalue weighted by atomic mass is 10.3. The molecule has 0 aliphatic carbocycles. The zero-order chi connectivity index (χ0) is 8.31. The van der Waals surface area contributed by atoms with Gasteiger partial charge in [-0.1, -0.05) is 0 Å². The second kappa shape index (κ2) is 3.94. The van der Waals surface area contributed by atoms with Crippen LogP contribution in [0.1, 0.15) is 20.8 Å². The summed E-state index contributed by atoms with van der Waals surface area (Å²) in [4.78, 5) is 4.54. The van der Waals surface area contributed by atoms with Gasteiger partial charge in [0.15, 0.2) is 0 Å². The van der Waals surface area contributed by atoms with Gasteiger partial charge in [0.25, 0.3) is 0 Å². The predicted octanol–water partition coefficient (Wildman–Crippen LogP) is 1.23. The monoisotopic (exact) mass is 144 g/mol. The summed E-state index contributed by atoms with van der Waals surface area (Å²) in [7, 11) is 6.35. The molecule has 62 valence electrons. The molecule has 0 aromatic carbocycles. The highest BCUT2D eigenvalue weighted by Crippen LogP contribution is 2.02. The fourth-order valence-electron chi connectivity index (χ4n) is 0.796. The maximum Gasteiger partial charge on any atom is 0.0587 e. The lowest BCUT2D eigenvalue weighted by molar-refractivity contribution is 0.0928. The Labute approximate surface area is 64.8 Å². The van der Waals surface area contributed by atoms with Crippen LogP contribution < -0.4 is 0 Å². The standard InChI is InChI=1S/C8H20N2/c1-7(2)10(6)8(3)9(4)5/h7-8H,1-6H3. The number of hydrogen-bond donors (Lipinski definition) is 0. The van der Waals surface area contributed by atoms with Gasteiger partial charge in [0.1, 0.15) is 0 Å². The minimum atomic E-state index is 0.528. The Morgan fingerprint density at radius 1 is 0.900 bits per heavy atom. The first kappa shape index (κ1) is 9.92. The topological polar surface area (TPSA) is 6.48 Å².